The van der Waals surface area contributed by atoms with Gasteiger partial charge in [-0.05, 0) is 49.6 Å². The normalized spacial score (nSPS) is 13.5. The van der Waals surface area contributed by atoms with Crippen LogP contribution in [0.5, 0.6) is 11.6 Å². The lowest BCUT2D eigenvalue weighted by molar-refractivity contribution is 0.462. The third-order valence-corrected chi connectivity index (χ3v) is 5.60. The van der Waals surface area contributed by atoms with Crippen LogP contribution in [0.25, 0.3) is 11.3 Å². The molecule has 1 fully saturated rings. The van der Waals surface area contributed by atoms with Crippen LogP contribution in [-0.4, -0.2) is 28.0 Å². The fourth-order valence-corrected chi connectivity index (χ4v) is 3.97. The molecule has 3 N–H and O–H groups in total. The predicted octanol–water partition coefficient (Wildman–Crippen LogP) is 5.65. The number of anilines is 4. The molecule has 5 rings (SSSR count). The summed E-state index contributed by atoms with van der Waals surface area (Å²) >= 11 is 0. The highest BCUT2D eigenvalue weighted by molar-refractivity contribution is 5.67. The fraction of sp³-hybridized carbons (Fsp3) is 0.192. The molecule has 0 atom stereocenters. The van der Waals surface area contributed by atoms with E-state index in [2.05, 4.69) is 25.2 Å². The van der Waals surface area contributed by atoms with Crippen molar-refractivity contribution in [3.63, 3.8) is 0 Å². The van der Waals surface area contributed by atoms with Crippen LogP contribution in [0.2, 0.25) is 0 Å². The number of nitrogens with one attached hydrogen (secondary N) is 1. The molecule has 0 saturated carbocycles. The number of nitrogens with zero attached hydrogens (tertiary/aromatic N) is 4. The molecule has 3 heterocycles. The maximum Gasteiger partial charge on any atom is 0.222 e. The largest absolute Gasteiger partial charge is 0.439 e. The van der Waals surface area contributed by atoms with Gasteiger partial charge in [0.25, 0.3) is 0 Å². The quantitative estimate of drug-likeness (QED) is 0.402. The smallest absolute Gasteiger partial charge is 0.222 e. The first-order chi connectivity index (χ1) is 16.2. The van der Waals surface area contributed by atoms with Crippen molar-refractivity contribution in [1.82, 2.24) is 15.0 Å². The molecule has 0 aliphatic carbocycles. The predicted molar refractivity (Wildman–Crippen MR) is 132 cm³/mol. The Bertz CT molecular complexity index is 1210. The van der Waals surface area contributed by atoms with Crippen LogP contribution in [0.15, 0.2) is 79.0 Å². The van der Waals surface area contributed by atoms with Gasteiger partial charge in [-0.3, -0.25) is 0 Å². The van der Waals surface area contributed by atoms with Crippen molar-refractivity contribution in [2.75, 3.05) is 29.0 Å². The second kappa shape index (κ2) is 9.56. The minimum Gasteiger partial charge on any atom is -0.439 e. The number of hydrogen-bond donors (Lipinski definition) is 2. The van der Waals surface area contributed by atoms with Crippen molar-refractivity contribution in [2.24, 2.45) is 0 Å². The van der Waals surface area contributed by atoms with Gasteiger partial charge in [0, 0.05) is 48.4 Å². The van der Waals surface area contributed by atoms with E-state index in [4.69, 9.17) is 10.5 Å². The van der Waals surface area contributed by atoms with Gasteiger partial charge in [0.05, 0.1) is 5.69 Å². The number of nitrogen functional groups attached to an aromatic ring is 1. The summed E-state index contributed by atoms with van der Waals surface area (Å²) in [5.41, 5.74) is 9.72. The molecule has 1 aliphatic heterocycles. The van der Waals surface area contributed by atoms with Crippen LogP contribution in [0.3, 0.4) is 0 Å². The highest BCUT2D eigenvalue weighted by Crippen LogP contribution is 2.28. The van der Waals surface area contributed by atoms with Crippen LogP contribution >= 0.6 is 0 Å². The van der Waals surface area contributed by atoms with Gasteiger partial charge in [-0.25, -0.2) is 9.97 Å². The number of ether oxygens (including phenoxy) is 1. The van der Waals surface area contributed by atoms with Gasteiger partial charge in [-0.15, -0.1) is 0 Å². The van der Waals surface area contributed by atoms with Crippen molar-refractivity contribution in [2.45, 2.75) is 19.3 Å². The van der Waals surface area contributed by atoms with Gasteiger partial charge in [0.2, 0.25) is 11.8 Å². The SMILES string of the molecule is Nc1nc(Nc2ccc(Oc3cc(N4CCCCC4)ccn3)cc2)cc(-c2ccccc2)n1. The zero-order chi connectivity index (χ0) is 22.5. The zero-order valence-electron chi connectivity index (χ0n) is 18.3. The summed E-state index contributed by atoms with van der Waals surface area (Å²) in [7, 11) is 0. The second-order valence-corrected chi connectivity index (χ2v) is 8.01. The molecule has 166 valence electrons. The Kier molecular flexibility index (Phi) is 6.01. The monoisotopic (exact) mass is 438 g/mol. The number of piperidine rings is 1. The molecule has 0 unspecified atom stereocenters. The van der Waals surface area contributed by atoms with Gasteiger partial charge < -0.3 is 20.7 Å². The molecule has 2 aromatic carbocycles. The fourth-order valence-electron chi connectivity index (χ4n) is 3.97. The van der Waals surface area contributed by atoms with Gasteiger partial charge in [-0.1, -0.05) is 30.3 Å². The molecular weight excluding hydrogens is 412 g/mol. The van der Waals surface area contributed by atoms with Gasteiger partial charge in [0.1, 0.15) is 11.6 Å². The molecule has 0 radical (unpaired) electrons. The van der Waals surface area contributed by atoms with Crippen LogP contribution < -0.4 is 20.7 Å². The van der Waals surface area contributed by atoms with Crippen molar-refractivity contribution < 1.29 is 4.74 Å². The Morgan fingerprint density at radius 2 is 1.64 bits per heavy atom. The number of pyridine rings is 1. The first-order valence-corrected chi connectivity index (χ1v) is 11.2. The molecule has 1 aliphatic rings. The Morgan fingerprint density at radius 1 is 0.848 bits per heavy atom. The third-order valence-electron chi connectivity index (χ3n) is 5.60. The summed E-state index contributed by atoms with van der Waals surface area (Å²) < 4.78 is 6.00. The van der Waals surface area contributed by atoms with Crippen LogP contribution in [0.4, 0.5) is 23.1 Å². The molecule has 7 nitrogen and oxygen atoms in total. The van der Waals surface area contributed by atoms with E-state index in [1.807, 2.05) is 72.8 Å². The Balaban J connectivity index is 1.27. The minimum absolute atomic E-state index is 0.221. The number of rotatable bonds is 6. The topological polar surface area (TPSA) is 89.2 Å². The van der Waals surface area contributed by atoms with E-state index in [1.165, 1.54) is 19.3 Å². The molecule has 0 bridgehead atoms. The molecular formula is C26H26N6O. The van der Waals surface area contributed by atoms with Crippen molar-refractivity contribution in [1.29, 1.82) is 0 Å². The molecule has 7 heteroatoms. The average Bonchev–Trinajstić information content (AvgIpc) is 2.86. The van der Waals surface area contributed by atoms with Gasteiger partial charge in [-0.2, -0.15) is 4.98 Å². The van der Waals surface area contributed by atoms with E-state index in [0.29, 0.717) is 11.7 Å². The van der Waals surface area contributed by atoms with Gasteiger partial charge in [0.15, 0.2) is 0 Å². The summed E-state index contributed by atoms with van der Waals surface area (Å²) in [4.78, 5) is 15.4. The van der Waals surface area contributed by atoms with E-state index >= 15 is 0 Å². The minimum atomic E-state index is 0.221. The first kappa shape index (κ1) is 20.8. The molecule has 0 spiro atoms. The Morgan fingerprint density at radius 3 is 2.42 bits per heavy atom. The lowest BCUT2D eigenvalue weighted by Crippen LogP contribution is -2.29. The highest BCUT2D eigenvalue weighted by Gasteiger charge is 2.12. The highest BCUT2D eigenvalue weighted by atomic mass is 16.5. The molecule has 4 aromatic rings. The second-order valence-electron chi connectivity index (χ2n) is 8.01. The van der Waals surface area contributed by atoms with Crippen LogP contribution in [-0.2, 0) is 0 Å². The summed E-state index contributed by atoms with van der Waals surface area (Å²) in [6, 6.07) is 23.5. The van der Waals surface area contributed by atoms with Crippen LogP contribution in [0.1, 0.15) is 19.3 Å². The van der Waals surface area contributed by atoms with Gasteiger partial charge >= 0.3 is 0 Å². The number of aromatic nitrogens is 3. The molecule has 1 saturated heterocycles. The summed E-state index contributed by atoms with van der Waals surface area (Å²) in [5, 5.41) is 3.29. The standard InChI is InChI=1S/C26H26N6O/c27-26-30-23(19-7-3-1-4-8-19)18-24(31-26)29-20-9-11-22(12-10-20)33-25-17-21(13-14-28-25)32-15-5-2-6-16-32/h1,3-4,7-14,17-18H,2,5-6,15-16H2,(H3,27,29,30,31). The summed E-state index contributed by atoms with van der Waals surface area (Å²) in [5.74, 6) is 2.16. The number of nitrogens with two attached hydrogens (primary N) is 1. The zero-order valence-corrected chi connectivity index (χ0v) is 18.3. The maximum atomic E-state index is 6.00. The first-order valence-electron chi connectivity index (χ1n) is 11.2. The number of hydrogen-bond acceptors (Lipinski definition) is 7. The lowest BCUT2D eigenvalue weighted by Gasteiger charge is -2.28. The van der Waals surface area contributed by atoms with E-state index in [0.717, 1.165) is 41.5 Å². The van der Waals surface area contributed by atoms with Crippen molar-refractivity contribution in [3.8, 4) is 22.9 Å². The maximum absolute atomic E-state index is 6.00. The molecule has 0 amide bonds. The van der Waals surface area contributed by atoms with Crippen molar-refractivity contribution in [3.05, 3.63) is 79.0 Å². The summed E-state index contributed by atoms with van der Waals surface area (Å²) in [6.45, 7) is 2.17. The summed E-state index contributed by atoms with van der Waals surface area (Å²) in [6.07, 6.45) is 5.58. The third kappa shape index (κ3) is 5.20. The lowest BCUT2D eigenvalue weighted by atomic mass is 10.1. The van der Waals surface area contributed by atoms with E-state index in [9.17, 15) is 0 Å². The van der Waals surface area contributed by atoms with E-state index < -0.39 is 0 Å². The van der Waals surface area contributed by atoms with Crippen LogP contribution in [0, 0.1) is 0 Å². The Labute approximate surface area is 193 Å². The average molecular weight is 439 g/mol. The molecule has 2 aromatic heterocycles. The van der Waals surface area contributed by atoms with Crippen molar-refractivity contribution >= 4 is 23.1 Å². The number of benzene rings is 2. The molecule has 33 heavy (non-hydrogen) atoms. The van der Waals surface area contributed by atoms with E-state index in [1.54, 1.807) is 6.20 Å². The Hall–Kier alpha value is -4.13. The van der Waals surface area contributed by atoms with E-state index in [-0.39, 0.29) is 5.95 Å².